The molecule has 1 aliphatic rings. The number of hydrogen-bond acceptors (Lipinski definition) is 7. The van der Waals surface area contributed by atoms with Crippen molar-refractivity contribution >= 4 is 43.8 Å². The van der Waals surface area contributed by atoms with Gasteiger partial charge in [0.15, 0.2) is 0 Å². The average Bonchev–Trinajstić information content (AvgIpc) is 2.91. The van der Waals surface area contributed by atoms with Crippen molar-refractivity contribution in [1.29, 1.82) is 0 Å². The Morgan fingerprint density at radius 2 is 2.08 bits per heavy atom. The van der Waals surface area contributed by atoms with Crippen molar-refractivity contribution in [3.8, 4) is 0 Å². The zero-order chi connectivity index (χ0) is 18.1. The minimum Gasteiger partial charge on any atom is -0.412 e. The topological polar surface area (TPSA) is 161 Å². The molecule has 1 atom stereocenters. The first-order valence-corrected chi connectivity index (χ1v) is 11.4. The van der Waals surface area contributed by atoms with Gasteiger partial charge in [0.1, 0.15) is 8.42 Å². The molecule has 0 saturated carbocycles. The summed E-state index contributed by atoms with van der Waals surface area (Å²) in [6.07, 6.45) is 0.318. The van der Waals surface area contributed by atoms with E-state index in [1.54, 1.807) is 0 Å². The molecule has 0 fully saturated rings. The van der Waals surface area contributed by atoms with E-state index >= 15 is 0 Å². The second-order valence-corrected chi connectivity index (χ2v) is 11.1. The number of halogens is 1. The van der Waals surface area contributed by atoms with Gasteiger partial charge in [0.05, 0.1) is 0 Å². The van der Waals surface area contributed by atoms with E-state index in [9.17, 15) is 16.8 Å². The minimum absolute atomic E-state index is 0. The molecule has 0 radical (unpaired) electrons. The summed E-state index contributed by atoms with van der Waals surface area (Å²) >= 11 is 0.679. The van der Waals surface area contributed by atoms with Crippen molar-refractivity contribution in [2.75, 3.05) is 26.2 Å². The molecule has 2 heterocycles. The molecule has 13 heteroatoms. The first kappa shape index (κ1) is 25.7. The molecule has 1 unspecified atom stereocenters. The lowest BCUT2D eigenvalue weighted by molar-refractivity contribution is 0.259. The van der Waals surface area contributed by atoms with Gasteiger partial charge in [-0.05, 0) is 24.9 Å². The fraction of sp³-hybridized carbons (Fsp3) is 0.692. The SMILES string of the molecule is CC(C)CNC1CN(CCCO)S(=O)(=O)c2sc(S(N)(=O)=O)cc21.Cl.O. The standard InChI is InChI=1S/C13H23N3O5S3.ClH.H2O/c1-9(2)7-15-11-8-16(4-3-5-17)24(20,21)13-10(11)6-12(22-13)23(14,18)19;;/h6,9,11,15,17H,3-5,7-8H2,1-2H3,(H2,14,18,19);1H;1H2. The predicted molar refractivity (Wildman–Crippen MR) is 103 cm³/mol. The lowest BCUT2D eigenvalue weighted by Crippen LogP contribution is -2.44. The first-order valence-electron chi connectivity index (χ1n) is 7.58. The van der Waals surface area contributed by atoms with Crippen molar-refractivity contribution in [2.45, 2.75) is 34.7 Å². The van der Waals surface area contributed by atoms with Crippen molar-refractivity contribution in [1.82, 2.24) is 9.62 Å². The number of sulfonamides is 2. The van der Waals surface area contributed by atoms with Gasteiger partial charge in [0, 0.05) is 31.3 Å². The van der Waals surface area contributed by atoms with E-state index in [0.717, 1.165) is 0 Å². The quantitative estimate of drug-likeness (QED) is 0.513. The minimum atomic E-state index is -3.97. The van der Waals surface area contributed by atoms with E-state index < -0.39 is 20.0 Å². The Morgan fingerprint density at radius 1 is 1.46 bits per heavy atom. The maximum Gasteiger partial charge on any atom is 0.252 e. The number of fused-ring (bicyclic) bond motifs is 1. The molecule has 0 bridgehead atoms. The number of nitrogens with one attached hydrogen (secondary N) is 1. The summed E-state index contributed by atoms with van der Waals surface area (Å²) in [5, 5.41) is 17.4. The highest BCUT2D eigenvalue weighted by Gasteiger charge is 2.39. The molecule has 6 N–H and O–H groups in total. The van der Waals surface area contributed by atoms with Crippen LogP contribution in [0.15, 0.2) is 14.5 Å². The number of primary sulfonamides is 1. The van der Waals surface area contributed by atoms with Crippen molar-refractivity contribution in [3.63, 3.8) is 0 Å². The molecule has 0 spiro atoms. The maximum atomic E-state index is 12.7. The van der Waals surface area contributed by atoms with Crippen LogP contribution in [0, 0.1) is 5.92 Å². The van der Waals surface area contributed by atoms with E-state index in [1.165, 1.54) is 10.4 Å². The highest BCUT2D eigenvalue weighted by molar-refractivity contribution is 7.94. The number of aliphatic hydroxyl groups is 1. The van der Waals surface area contributed by atoms with E-state index in [1.807, 2.05) is 13.8 Å². The second kappa shape index (κ2) is 9.75. The van der Waals surface area contributed by atoms with Crippen LogP contribution in [-0.4, -0.2) is 58.0 Å². The van der Waals surface area contributed by atoms with Crippen LogP contribution in [0.2, 0.25) is 0 Å². The van der Waals surface area contributed by atoms with Crippen LogP contribution in [-0.2, 0) is 20.0 Å². The zero-order valence-electron chi connectivity index (χ0n) is 14.5. The Kier molecular flexibility index (Phi) is 9.64. The van der Waals surface area contributed by atoms with E-state index in [4.69, 9.17) is 10.2 Å². The Hall–Kier alpha value is -0.310. The van der Waals surface area contributed by atoms with Crippen molar-refractivity contribution < 1.29 is 27.4 Å². The Morgan fingerprint density at radius 3 is 2.58 bits per heavy atom. The molecule has 9 nitrogen and oxygen atoms in total. The van der Waals surface area contributed by atoms with Crippen LogP contribution < -0.4 is 10.5 Å². The number of hydrogen-bond donors (Lipinski definition) is 3. The van der Waals surface area contributed by atoms with E-state index in [0.29, 0.717) is 35.8 Å². The summed E-state index contributed by atoms with van der Waals surface area (Å²) in [4.78, 5) is 0. The van der Waals surface area contributed by atoms with Gasteiger partial charge >= 0.3 is 0 Å². The Labute approximate surface area is 164 Å². The van der Waals surface area contributed by atoms with Crippen LogP contribution in [0.1, 0.15) is 31.9 Å². The molecule has 1 aromatic rings. The van der Waals surface area contributed by atoms with Gasteiger partial charge < -0.3 is 15.9 Å². The predicted octanol–water partition coefficient (Wildman–Crippen LogP) is -0.334. The summed E-state index contributed by atoms with van der Waals surface area (Å²) < 4.78 is 49.8. The molecule has 154 valence electrons. The maximum absolute atomic E-state index is 12.7. The van der Waals surface area contributed by atoms with Gasteiger partial charge in [-0.25, -0.2) is 22.0 Å². The third-order valence-corrected chi connectivity index (χ3v) is 8.62. The van der Waals surface area contributed by atoms with E-state index in [-0.39, 0.29) is 52.0 Å². The average molecular weight is 452 g/mol. The lowest BCUT2D eigenvalue weighted by atomic mass is 10.1. The largest absolute Gasteiger partial charge is 0.412 e. The van der Waals surface area contributed by atoms with Gasteiger partial charge in [0.2, 0.25) is 10.0 Å². The van der Waals surface area contributed by atoms with Crippen LogP contribution >= 0.6 is 23.7 Å². The molecule has 2 rings (SSSR count). The van der Waals surface area contributed by atoms with Gasteiger partial charge in [-0.1, -0.05) is 13.8 Å². The summed E-state index contributed by atoms with van der Waals surface area (Å²) in [5.74, 6) is 0.356. The van der Waals surface area contributed by atoms with Crippen LogP contribution in [0.3, 0.4) is 0 Å². The molecular weight excluding hydrogens is 426 g/mol. The number of thiophene rings is 1. The third-order valence-electron chi connectivity index (χ3n) is 3.66. The van der Waals surface area contributed by atoms with Crippen molar-refractivity contribution in [3.05, 3.63) is 11.6 Å². The zero-order valence-corrected chi connectivity index (χ0v) is 17.8. The Balaban J connectivity index is 0.00000312. The molecule has 1 aliphatic heterocycles. The highest BCUT2D eigenvalue weighted by atomic mass is 35.5. The number of aliphatic hydroxyl groups excluding tert-OH is 1. The van der Waals surface area contributed by atoms with Gasteiger partial charge in [-0.2, -0.15) is 4.31 Å². The lowest BCUT2D eigenvalue weighted by Gasteiger charge is -2.32. The fourth-order valence-electron chi connectivity index (χ4n) is 2.48. The fourth-order valence-corrected chi connectivity index (χ4v) is 6.79. The number of nitrogens with two attached hydrogens (primary N) is 1. The third kappa shape index (κ3) is 5.59. The first-order chi connectivity index (χ1) is 11.1. The normalized spacial score (nSPS) is 19.5. The van der Waals surface area contributed by atoms with Crippen molar-refractivity contribution in [2.24, 2.45) is 11.1 Å². The van der Waals surface area contributed by atoms with Crippen LogP contribution in [0.4, 0.5) is 0 Å². The molecule has 26 heavy (non-hydrogen) atoms. The molecule has 0 saturated heterocycles. The summed E-state index contributed by atoms with van der Waals surface area (Å²) in [6, 6.07) is 1.05. The molecule has 0 aromatic carbocycles. The smallest absolute Gasteiger partial charge is 0.252 e. The molecule has 0 aliphatic carbocycles. The number of rotatable bonds is 7. The van der Waals surface area contributed by atoms with Crippen LogP contribution in [0.5, 0.6) is 0 Å². The monoisotopic (exact) mass is 451 g/mol. The summed E-state index contributed by atoms with van der Waals surface area (Å²) in [6.45, 7) is 4.98. The molecule has 0 amide bonds. The second-order valence-electron chi connectivity index (χ2n) is 6.15. The summed E-state index contributed by atoms with van der Waals surface area (Å²) in [5.41, 5.74) is 0.449. The summed E-state index contributed by atoms with van der Waals surface area (Å²) in [7, 11) is -7.75. The van der Waals surface area contributed by atoms with E-state index in [2.05, 4.69) is 5.32 Å². The van der Waals surface area contributed by atoms with Gasteiger partial charge in [-0.3, -0.25) is 0 Å². The van der Waals surface area contributed by atoms with Crippen LogP contribution in [0.25, 0.3) is 0 Å². The highest BCUT2D eigenvalue weighted by Crippen LogP contribution is 2.39. The molecule has 1 aromatic heterocycles. The Bertz CT molecular complexity index is 794. The van der Waals surface area contributed by atoms with Gasteiger partial charge in [-0.15, -0.1) is 23.7 Å². The molecular formula is C13H26ClN3O6S3. The number of nitrogens with zero attached hydrogens (tertiary/aromatic N) is 1. The van der Waals surface area contributed by atoms with Gasteiger partial charge in [0.25, 0.3) is 10.0 Å².